The SMILES string of the molecule is CCCNCc1cc(CN(C)CC(F)F)c(C)o1. The number of nitrogens with zero attached hydrogens (tertiary/aromatic N) is 1. The first-order valence-corrected chi connectivity index (χ1v) is 6.28. The number of alkyl halides is 2. The van der Waals surface area contributed by atoms with E-state index in [1.165, 1.54) is 0 Å². The summed E-state index contributed by atoms with van der Waals surface area (Å²) in [6, 6.07) is 1.94. The molecule has 18 heavy (non-hydrogen) atoms. The molecule has 0 radical (unpaired) electrons. The maximum absolute atomic E-state index is 12.2. The summed E-state index contributed by atoms with van der Waals surface area (Å²) in [6.45, 7) is 5.88. The Kier molecular flexibility index (Phi) is 6.29. The van der Waals surface area contributed by atoms with E-state index in [4.69, 9.17) is 4.42 Å². The summed E-state index contributed by atoms with van der Waals surface area (Å²) in [5.41, 5.74) is 0.978. The van der Waals surface area contributed by atoms with Crippen molar-refractivity contribution in [1.82, 2.24) is 10.2 Å². The summed E-state index contributed by atoms with van der Waals surface area (Å²) in [6.07, 6.45) is -1.23. The zero-order valence-electron chi connectivity index (χ0n) is 11.3. The van der Waals surface area contributed by atoms with Crippen LogP contribution in [0.5, 0.6) is 0 Å². The molecule has 0 saturated heterocycles. The van der Waals surface area contributed by atoms with E-state index in [1.54, 1.807) is 11.9 Å². The van der Waals surface area contributed by atoms with Crippen LogP contribution in [0.3, 0.4) is 0 Å². The second-order valence-corrected chi connectivity index (χ2v) is 4.56. The van der Waals surface area contributed by atoms with Crippen molar-refractivity contribution in [3.63, 3.8) is 0 Å². The average molecular weight is 260 g/mol. The van der Waals surface area contributed by atoms with Crippen LogP contribution < -0.4 is 5.32 Å². The maximum atomic E-state index is 12.2. The highest BCUT2D eigenvalue weighted by Crippen LogP contribution is 2.16. The summed E-state index contributed by atoms with van der Waals surface area (Å²) in [7, 11) is 1.69. The molecule has 104 valence electrons. The minimum atomic E-state index is -2.30. The molecule has 0 aliphatic heterocycles. The largest absolute Gasteiger partial charge is 0.465 e. The lowest BCUT2D eigenvalue weighted by Gasteiger charge is -2.14. The third kappa shape index (κ3) is 5.14. The molecule has 0 spiro atoms. The molecule has 0 unspecified atom stereocenters. The van der Waals surface area contributed by atoms with Gasteiger partial charge in [-0.2, -0.15) is 0 Å². The number of nitrogens with one attached hydrogen (secondary N) is 1. The Bertz CT molecular complexity index is 353. The van der Waals surface area contributed by atoms with Gasteiger partial charge in [0.25, 0.3) is 6.43 Å². The summed E-state index contributed by atoms with van der Waals surface area (Å²) < 4.78 is 30.0. The predicted octanol–water partition coefficient (Wildman–Crippen LogP) is 2.78. The van der Waals surface area contributed by atoms with E-state index in [0.29, 0.717) is 13.1 Å². The third-order valence-electron chi connectivity index (χ3n) is 2.69. The number of hydrogen-bond acceptors (Lipinski definition) is 3. The Morgan fingerprint density at radius 3 is 2.78 bits per heavy atom. The molecule has 3 nitrogen and oxygen atoms in total. The standard InChI is InChI=1S/C13H22F2N2O/c1-4-5-16-7-12-6-11(10(2)18-12)8-17(3)9-13(14)15/h6,13,16H,4-5,7-9H2,1-3H3. The predicted molar refractivity (Wildman–Crippen MR) is 67.8 cm³/mol. The number of hydrogen-bond donors (Lipinski definition) is 1. The molecule has 0 amide bonds. The van der Waals surface area contributed by atoms with E-state index in [0.717, 1.165) is 30.0 Å². The molecule has 0 aromatic carbocycles. The van der Waals surface area contributed by atoms with Gasteiger partial charge >= 0.3 is 0 Å². The second-order valence-electron chi connectivity index (χ2n) is 4.56. The van der Waals surface area contributed by atoms with Gasteiger partial charge in [-0.15, -0.1) is 0 Å². The molecule has 0 saturated carbocycles. The fourth-order valence-electron chi connectivity index (χ4n) is 1.81. The first kappa shape index (κ1) is 15.1. The quantitative estimate of drug-likeness (QED) is 0.729. The summed E-state index contributed by atoms with van der Waals surface area (Å²) in [4.78, 5) is 1.60. The van der Waals surface area contributed by atoms with Crippen molar-refractivity contribution in [2.24, 2.45) is 0 Å². The van der Waals surface area contributed by atoms with Crippen molar-refractivity contribution in [1.29, 1.82) is 0 Å². The van der Waals surface area contributed by atoms with Crippen LogP contribution in [0.2, 0.25) is 0 Å². The zero-order valence-corrected chi connectivity index (χ0v) is 11.3. The Morgan fingerprint density at radius 2 is 2.17 bits per heavy atom. The Labute approximate surface area is 107 Å². The van der Waals surface area contributed by atoms with E-state index in [-0.39, 0.29) is 6.54 Å². The number of halogens is 2. The van der Waals surface area contributed by atoms with Crippen molar-refractivity contribution in [2.45, 2.75) is 39.8 Å². The molecule has 1 N–H and O–H groups in total. The molecule has 0 fully saturated rings. The summed E-state index contributed by atoms with van der Waals surface area (Å²) in [5.74, 6) is 1.67. The molecule has 5 heteroatoms. The van der Waals surface area contributed by atoms with Crippen molar-refractivity contribution < 1.29 is 13.2 Å². The molecule has 0 bridgehead atoms. The van der Waals surface area contributed by atoms with Gasteiger partial charge in [0.05, 0.1) is 13.1 Å². The van der Waals surface area contributed by atoms with Crippen molar-refractivity contribution in [3.8, 4) is 0 Å². The normalized spacial score (nSPS) is 11.7. The molecule has 1 aromatic rings. The zero-order chi connectivity index (χ0) is 13.5. The lowest BCUT2D eigenvalue weighted by molar-refractivity contribution is 0.0973. The van der Waals surface area contributed by atoms with E-state index < -0.39 is 6.43 Å². The summed E-state index contributed by atoms with van der Waals surface area (Å²) in [5, 5.41) is 3.25. The van der Waals surface area contributed by atoms with Crippen LogP contribution in [0.15, 0.2) is 10.5 Å². The minimum absolute atomic E-state index is 0.214. The second kappa shape index (κ2) is 7.48. The van der Waals surface area contributed by atoms with Gasteiger partial charge in [0.2, 0.25) is 0 Å². The molecular weight excluding hydrogens is 238 g/mol. The van der Waals surface area contributed by atoms with Gasteiger partial charge in [0, 0.05) is 12.1 Å². The van der Waals surface area contributed by atoms with Crippen LogP contribution in [0.4, 0.5) is 8.78 Å². The minimum Gasteiger partial charge on any atom is -0.465 e. The monoisotopic (exact) mass is 260 g/mol. The van der Waals surface area contributed by atoms with Gasteiger partial charge in [0.15, 0.2) is 0 Å². The molecular formula is C13H22F2N2O. The highest BCUT2D eigenvalue weighted by Gasteiger charge is 2.12. The van der Waals surface area contributed by atoms with Crippen LogP contribution in [-0.4, -0.2) is 31.5 Å². The van der Waals surface area contributed by atoms with Gasteiger partial charge in [-0.1, -0.05) is 6.92 Å². The molecule has 1 aromatic heterocycles. The lowest BCUT2D eigenvalue weighted by Crippen LogP contribution is -2.24. The molecule has 0 atom stereocenters. The highest BCUT2D eigenvalue weighted by molar-refractivity contribution is 5.20. The Hall–Kier alpha value is -0.940. The number of furan rings is 1. The third-order valence-corrected chi connectivity index (χ3v) is 2.69. The Balaban J connectivity index is 2.50. The van der Waals surface area contributed by atoms with Gasteiger partial charge in [-0.25, -0.2) is 8.78 Å². The van der Waals surface area contributed by atoms with Crippen LogP contribution in [0.1, 0.15) is 30.4 Å². The van der Waals surface area contributed by atoms with Crippen LogP contribution >= 0.6 is 0 Å². The molecule has 0 aliphatic carbocycles. The van der Waals surface area contributed by atoms with Crippen molar-refractivity contribution >= 4 is 0 Å². The van der Waals surface area contributed by atoms with Gasteiger partial charge in [-0.3, -0.25) is 4.90 Å². The Morgan fingerprint density at radius 1 is 1.44 bits per heavy atom. The van der Waals surface area contributed by atoms with Crippen LogP contribution in [0, 0.1) is 6.92 Å². The average Bonchev–Trinajstić information content (AvgIpc) is 2.58. The van der Waals surface area contributed by atoms with E-state index in [1.807, 2.05) is 13.0 Å². The van der Waals surface area contributed by atoms with E-state index in [2.05, 4.69) is 12.2 Å². The molecule has 0 aliphatic rings. The van der Waals surface area contributed by atoms with Gasteiger partial charge < -0.3 is 9.73 Å². The fourth-order valence-corrected chi connectivity index (χ4v) is 1.81. The lowest BCUT2D eigenvalue weighted by atomic mass is 10.2. The van der Waals surface area contributed by atoms with E-state index >= 15 is 0 Å². The maximum Gasteiger partial charge on any atom is 0.251 e. The summed E-state index contributed by atoms with van der Waals surface area (Å²) >= 11 is 0. The smallest absolute Gasteiger partial charge is 0.251 e. The van der Waals surface area contributed by atoms with Crippen LogP contribution in [0.25, 0.3) is 0 Å². The first-order valence-electron chi connectivity index (χ1n) is 6.28. The molecule has 1 heterocycles. The van der Waals surface area contributed by atoms with E-state index in [9.17, 15) is 8.78 Å². The highest BCUT2D eigenvalue weighted by atomic mass is 19.3. The molecule has 1 rings (SSSR count). The van der Waals surface area contributed by atoms with Crippen molar-refractivity contribution in [3.05, 3.63) is 23.2 Å². The van der Waals surface area contributed by atoms with Crippen LogP contribution in [-0.2, 0) is 13.1 Å². The fraction of sp³-hybridized carbons (Fsp3) is 0.692. The topological polar surface area (TPSA) is 28.4 Å². The van der Waals surface area contributed by atoms with Gasteiger partial charge in [0.1, 0.15) is 11.5 Å². The van der Waals surface area contributed by atoms with Gasteiger partial charge in [-0.05, 0) is 33.0 Å². The number of aryl methyl sites for hydroxylation is 1. The number of rotatable bonds is 8. The first-order chi connectivity index (χ1) is 8.52. The van der Waals surface area contributed by atoms with Crippen molar-refractivity contribution in [2.75, 3.05) is 20.1 Å².